The van der Waals surface area contributed by atoms with Crippen LogP contribution >= 0.6 is 11.3 Å². The van der Waals surface area contributed by atoms with Gasteiger partial charge in [0.25, 0.3) is 0 Å². The Labute approximate surface area is 140 Å². The minimum absolute atomic E-state index is 0.256. The minimum atomic E-state index is -0.256. The fourth-order valence-corrected chi connectivity index (χ4v) is 3.43. The molecule has 0 aliphatic carbocycles. The van der Waals surface area contributed by atoms with Gasteiger partial charge in [-0.2, -0.15) is 9.61 Å². The third kappa shape index (κ3) is 2.11. The summed E-state index contributed by atoms with van der Waals surface area (Å²) in [6.07, 6.45) is 3.21. The second kappa shape index (κ2) is 5.27. The number of benzene rings is 1. The molecule has 4 heterocycles. The van der Waals surface area contributed by atoms with Gasteiger partial charge in [0.05, 0.1) is 0 Å². The lowest BCUT2D eigenvalue weighted by molar-refractivity contribution is 0.0904. The molecule has 118 valence electrons. The number of aromatic nitrogens is 5. The molecule has 0 fully saturated rings. The number of hydrogen-bond acceptors (Lipinski definition) is 7. The number of rotatable bonds is 2. The van der Waals surface area contributed by atoms with E-state index >= 15 is 0 Å². The van der Waals surface area contributed by atoms with E-state index in [2.05, 4.69) is 20.3 Å². The summed E-state index contributed by atoms with van der Waals surface area (Å²) >= 11 is 1.45. The highest BCUT2D eigenvalue weighted by molar-refractivity contribution is 7.16. The maximum Gasteiger partial charge on any atom is 0.235 e. The molecular weight excluding hydrogens is 326 g/mol. The highest BCUT2D eigenvalue weighted by atomic mass is 32.1. The van der Waals surface area contributed by atoms with Crippen LogP contribution in [0.1, 0.15) is 11.1 Å². The molecule has 0 saturated heterocycles. The Hall–Kier alpha value is -3.00. The van der Waals surface area contributed by atoms with Gasteiger partial charge in [-0.05, 0) is 24.3 Å². The largest absolute Gasteiger partial charge is 0.485 e. The summed E-state index contributed by atoms with van der Waals surface area (Å²) in [6, 6.07) is 11.4. The molecule has 0 spiro atoms. The summed E-state index contributed by atoms with van der Waals surface area (Å²) in [6.45, 7) is 0.420. The molecule has 4 aromatic rings. The van der Waals surface area contributed by atoms with Crippen LogP contribution in [0, 0.1) is 0 Å². The van der Waals surface area contributed by atoms with Gasteiger partial charge in [0.15, 0.2) is 28.4 Å². The van der Waals surface area contributed by atoms with Crippen LogP contribution in [-0.2, 0) is 0 Å². The van der Waals surface area contributed by atoms with Crippen molar-refractivity contribution in [3.63, 3.8) is 0 Å². The van der Waals surface area contributed by atoms with Crippen LogP contribution in [0.3, 0.4) is 0 Å². The zero-order valence-electron chi connectivity index (χ0n) is 12.4. The molecule has 0 saturated carbocycles. The molecule has 1 unspecified atom stereocenters. The van der Waals surface area contributed by atoms with Gasteiger partial charge in [0, 0.05) is 18.0 Å². The lowest BCUT2D eigenvalue weighted by Crippen LogP contribution is -2.21. The molecule has 1 aromatic carbocycles. The molecule has 0 bridgehead atoms. The van der Waals surface area contributed by atoms with Crippen molar-refractivity contribution in [2.24, 2.45) is 0 Å². The van der Waals surface area contributed by atoms with E-state index in [0.717, 1.165) is 22.1 Å². The van der Waals surface area contributed by atoms with Crippen molar-refractivity contribution >= 4 is 16.3 Å². The maximum absolute atomic E-state index is 6.01. The molecule has 7 nitrogen and oxygen atoms in total. The van der Waals surface area contributed by atoms with E-state index in [1.165, 1.54) is 11.3 Å². The monoisotopic (exact) mass is 337 g/mol. The van der Waals surface area contributed by atoms with Crippen molar-refractivity contribution in [3.05, 3.63) is 53.8 Å². The number of nitrogens with zero attached hydrogens (tertiary/aromatic N) is 5. The summed E-state index contributed by atoms with van der Waals surface area (Å²) in [5.41, 5.74) is 0.869. The Morgan fingerprint density at radius 1 is 1.08 bits per heavy atom. The maximum atomic E-state index is 6.01. The second-order valence-electron chi connectivity index (χ2n) is 5.26. The van der Waals surface area contributed by atoms with E-state index in [1.807, 2.05) is 36.4 Å². The van der Waals surface area contributed by atoms with Gasteiger partial charge in [-0.1, -0.05) is 23.5 Å². The molecule has 8 heteroatoms. The molecule has 0 N–H and O–H groups in total. The first-order chi connectivity index (χ1) is 11.9. The summed E-state index contributed by atoms with van der Waals surface area (Å²) in [5.74, 6) is 2.15. The Balaban J connectivity index is 1.52. The van der Waals surface area contributed by atoms with Crippen LogP contribution in [0.5, 0.6) is 11.5 Å². The SMILES string of the molecule is c1cncc(-c2nnc3sc(C4COc5ccccc5O4)nn23)c1. The lowest BCUT2D eigenvalue weighted by atomic mass is 10.2. The van der Waals surface area contributed by atoms with E-state index in [-0.39, 0.29) is 6.10 Å². The Morgan fingerprint density at radius 2 is 2.00 bits per heavy atom. The molecule has 1 atom stereocenters. The van der Waals surface area contributed by atoms with Crippen molar-refractivity contribution in [2.75, 3.05) is 6.61 Å². The third-order valence-corrected chi connectivity index (χ3v) is 4.70. The zero-order valence-corrected chi connectivity index (χ0v) is 13.2. The lowest BCUT2D eigenvalue weighted by Gasteiger charge is -2.24. The zero-order chi connectivity index (χ0) is 15.9. The van der Waals surface area contributed by atoms with Crippen molar-refractivity contribution in [2.45, 2.75) is 6.10 Å². The van der Waals surface area contributed by atoms with Gasteiger partial charge < -0.3 is 9.47 Å². The van der Waals surface area contributed by atoms with Crippen LogP contribution in [0.2, 0.25) is 0 Å². The van der Waals surface area contributed by atoms with E-state index in [4.69, 9.17) is 9.47 Å². The van der Waals surface area contributed by atoms with Crippen molar-refractivity contribution in [1.29, 1.82) is 0 Å². The Kier molecular flexibility index (Phi) is 2.95. The molecule has 0 radical (unpaired) electrons. The predicted molar refractivity (Wildman–Crippen MR) is 87.2 cm³/mol. The van der Waals surface area contributed by atoms with Crippen molar-refractivity contribution < 1.29 is 9.47 Å². The average molecular weight is 337 g/mol. The number of para-hydroxylation sites is 2. The quantitative estimate of drug-likeness (QED) is 0.560. The van der Waals surface area contributed by atoms with E-state index in [1.54, 1.807) is 16.9 Å². The van der Waals surface area contributed by atoms with Crippen LogP contribution < -0.4 is 9.47 Å². The summed E-state index contributed by atoms with van der Waals surface area (Å²) in [5, 5.41) is 13.8. The van der Waals surface area contributed by atoms with E-state index < -0.39 is 0 Å². The number of ether oxygens (including phenoxy) is 2. The van der Waals surface area contributed by atoms with Gasteiger partial charge in [-0.25, -0.2) is 0 Å². The fourth-order valence-electron chi connectivity index (χ4n) is 2.58. The molecule has 24 heavy (non-hydrogen) atoms. The van der Waals surface area contributed by atoms with Crippen molar-refractivity contribution in [1.82, 2.24) is 24.8 Å². The topological polar surface area (TPSA) is 74.4 Å². The molecule has 3 aromatic heterocycles. The van der Waals surface area contributed by atoms with Crippen LogP contribution in [0.25, 0.3) is 16.3 Å². The molecule has 1 aliphatic rings. The van der Waals surface area contributed by atoms with Crippen molar-refractivity contribution in [3.8, 4) is 22.9 Å². The number of fused-ring (bicyclic) bond motifs is 2. The van der Waals surface area contributed by atoms with Gasteiger partial charge in [-0.3, -0.25) is 4.98 Å². The first-order valence-electron chi connectivity index (χ1n) is 7.39. The first kappa shape index (κ1) is 13.4. The Bertz CT molecular complexity index is 1010. The fraction of sp³-hybridized carbons (Fsp3) is 0.125. The minimum Gasteiger partial charge on any atom is -0.485 e. The summed E-state index contributed by atoms with van der Waals surface area (Å²) in [4.78, 5) is 4.83. The summed E-state index contributed by atoms with van der Waals surface area (Å²) in [7, 11) is 0. The molecule has 1 aliphatic heterocycles. The highest BCUT2D eigenvalue weighted by Crippen LogP contribution is 2.37. The number of pyridine rings is 1. The molecule has 5 rings (SSSR count). The smallest absolute Gasteiger partial charge is 0.235 e. The normalized spacial score (nSPS) is 16.4. The third-order valence-electron chi connectivity index (χ3n) is 3.71. The van der Waals surface area contributed by atoms with Gasteiger partial charge in [-0.15, -0.1) is 10.2 Å². The summed E-state index contributed by atoms with van der Waals surface area (Å²) < 4.78 is 13.5. The standard InChI is InChI=1S/C16H11N5O2S/c1-2-6-12-11(5-1)22-9-13(23-12)15-20-21-14(18-19-16(21)24-15)10-4-3-7-17-8-10/h1-8,13H,9H2. The van der Waals surface area contributed by atoms with Crippen LogP contribution in [0.4, 0.5) is 0 Å². The first-order valence-corrected chi connectivity index (χ1v) is 8.21. The van der Waals surface area contributed by atoms with Gasteiger partial charge >= 0.3 is 0 Å². The van der Waals surface area contributed by atoms with Crippen LogP contribution in [0.15, 0.2) is 48.8 Å². The van der Waals surface area contributed by atoms with E-state index in [9.17, 15) is 0 Å². The average Bonchev–Trinajstić information content (AvgIpc) is 3.23. The van der Waals surface area contributed by atoms with Gasteiger partial charge in [0.1, 0.15) is 6.61 Å². The Morgan fingerprint density at radius 3 is 2.88 bits per heavy atom. The highest BCUT2D eigenvalue weighted by Gasteiger charge is 2.27. The van der Waals surface area contributed by atoms with Gasteiger partial charge in [0.2, 0.25) is 4.96 Å². The molecular formula is C16H11N5O2S. The number of hydrogen-bond donors (Lipinski definition) is 0. The molecule has 0 amide bonds. The predicted octanol–water partition coefficient (Wildman–Crippen LogP) is 2.76. The van der Waals surface area contributed by atoms with E-state index in [0.29, 0.717) is 17.4 Å². The second-order valence-corrected chi connectivity index (χ2v) is 6.25. The van der Waals surface area contributed by atoms with Crippen LogP contribution in [-0.4, -0.2) is 31.4 Å².